The van der Waals surface area contributed by atoms with Crippen molar-refractivity contribution in [1.82, 2.24) is 0 Å². The second-order valence-corrected chi connectivity index (χ2v) is 9.15. The van der Waals surface area contributed by atoms with E-state index in [9.17, 15) is 4.39 Å². The van der Waals surface area contributed by atoms with Crippen LogP contribution < -0.4 is 0 Å². The summed E-state index contributed by atoms with van der Waals surface area (Å²) in [5, 5.41) is 0. The highest BCUT2D eigenvalue weighted by Crippen LogP contribution is 2.28. The van der Waals surface area contributed by atoms with Crippen LogP contribution in [0.3, 0.4) is 0 Å². The second kappa shape index (κ2) is 14.9. The Hall–Kier alpha value is -3.51. The molecule has 194 valence electrons. The fourth-order valence-electron chi connectivity index (χ4n) is 4.33. The van der Waals surface area contributed by atoms with Crippen molar-refractivity contribution in [2.45, 2.75) is 46.1 Å². The summed E-state index contributed by atoms with van der Waals surface area (Å²) >= 11 is 0. The Kier molecular flexibility index (Phi) is 11.3. The highest BCUT2D eigenvalue weighted by Gasteiger charge is 2.20. The Labute approximate surface area is 220 Å². The SMILES string of the molecule is C=COCOCc1ccc(C#Cc2c(C)cc(C#CC3CCC(COCOC=C)CC3)cc2C)cc1F. The lowest BCUT2D eigenvalue weighted by molar-refractivity contribution is -0.0312. The van der Waals surface area contributed by atoms with Gasteiger partial charge in [0.25, 0.3) is 0 Å². The molecule has 2 aromatic rings. The smallest absolute Gasteiger partial charge is 0.188 e. The zero-order valence-electron chi connectivity index (χ0n) is 21.8. The molecule has 0 spiro atoms. The van der Waals surface area contributed by atoms with Crippen LogP contribution in [0.2, 0.25) is 0 Å². The molecular formula is C32H35FO4. The normalized spacial score (nSPS) is 16.5. The van der Waals surface area contributed by atoms with Crippen LogP contribution in [0.15, 0.2) is 56.0 Å². The zero-order chi connectivity index (χ0) is 26.5. The number of aryl methyl sites for hydroxylation is 2. The van der Waals surface area contributed by atoms with Gasteiger partial charge in [0.15, 0.2) is 13.6 Å². The van der Waals surface area contributed by atoms with Crippen molar-refractivity contribution >= 4 is 0 Å². The van der Waals surface area contributed by atoms with Gasteiger partial charge >= 0.3 is 0 Å². The molecule has 1 aliphatic carbocycles. The van der Waals surface area contributed by atoms with E-state index >= 15 is 0 Å². The van der Waals surface area contributed by atoms with Gasteiger partial charge in [0, 0.05) is 28.2 Å². The van der Waals surface area contributed by atoms with Crippen LogP contribution >= 0.6 is 0 Å². The lowest BCUT2D eigenvalue weighted by Gasteiger charge is -2.25. The van der Waals surface area contributed by atoms with Crippen LogP contribution in [0.1, 0.15) is 59.1 Å². The summed E-state index contributed by atoms with van der Waals surface area (Å²) in [7, 11) is 0. The van der Waals surface area contributed by atoms with Crippen LogP contribution in [-0.4, -0.2) is 20.2 Å². The molecule has 37 heavy (non-hydrogen) atoms. The van der Waals surface area contributed by atoms with Crippen molar-refractivity contribution in [3.8, 4) is 23.7 Å². The van der Waals surface area contributed by atoms with Gasteiger partial charge in [-0.15, -0.1) is 0 Å². The van der Waals surface area contributed by atoms with Crippen molar-refractivity contribution in [2.75, 3.05) is 20.2 Å². The molecule has 0 atom stereocenters. The number of benzene rings is 2. The molecule has 0 amide bonds. The highest BCUT2D eigenvalue weighted by molar-refractivity contribution is 5.54. The van der Waals surface area contributed by atoms with Crippen molar-refractivity contribution in [2.24, 2.45) is 11.8 Å². The summed E-state index contributed by atoms with van der Waals surface area (Å²) in [6, 6.07) is 9.07. The third-order valence-electron chi connectivity index (χ3n) is 6.33. The van der Waals surface area contributed by atoms with E-state index in [1.807, 2.05) is 13.8 Å². The molecule has 0 bridgehead atoms. The largest absolute Gasteiger partial charge is 0.476 e. The summed E-state index contributed by atoms with van der Waals surface area (Å²) in [6.07, 6.45) is 7.11. The molecule has 0 aromatic heterocycles. The molecular weight excluding hydrogens is 467 g/mol. The van der Waals surface area contributed by atoms with E-state index in [-0.39, 0.29) is 26.0 Å². The van der Waals surface area contributed by atoms with E-state index in [2.05, 4.69) is 49.0 Å². The Morgan fingerprint density at radius 1 is 0.865 bits per heavy atom. The molecule has 1 fully saturated rings. The first-order chi connectivity index (χ1) is 18.0. The first-order valence-electron chi connectivity index (χ1n) is 12.5. The van der Waals surface area contributed by atoms with Crippen LogP contribution in [0.5, 0.6) is 0 Å². The predicted molar refractivity (Wildman–Crippen MR) is 144 cm³/mol. The van der Waals surface area contributed by atoms with Gasteiger partial charge in [-0.2, -0.15) is 0 Å². The van der Waals surface area contributed by atoms with E-state index in [1.54, 1.807) is 12.1 Å². The number of ether oxygens (including phenoxy) is 4. The second-order valence-electron chi connectivity index (χ2n) is 9.15. The fourth-order valence-corrected chi connectivity index (χ4v) is 4.33. The van der Waals surface area contributed by atoms with Crippen LogP contribution in [0, 0.1) is 55.2 Å². The van der Waals surface area contributed by atoms with E-state index < -0.39 is 0 Å². The summed E-state index contributed by atoms with van der Waals surface area (Å²) in [5.41, 5.74) is 5.14. The van der Waals surface area contributed by atoms with E-state index in [0.717, 1.165) is 54.5 Å². The molecule has 0 saturated heterocycles. The van der Waals surface area contributed by atoms with Crippen LogP contribution in [0.4, 0.5) is 4.39 Å². The van der Waals surface area contributed by atoms with E-state index in [1.165, 1.54) is 18.6 Å². The van der Waals surface area contributed by atoms with Gasteiger partial charge in [0.1, 0.15) is 5.82 Å². The molecule has 0 N–H and O–H groups in total. The molecule has 4 nitrogen and oxygen atoms in total. The number of halogens is 1. The maximum absolute atomic E-state index is 14.4. The Balaban J connectivity index is 1.58. The van der Waals surface area contributed by atoms with Crippen molar-refractivity contribution < 1.29 is 23.3 Å². The van der Waals surface area contributed by atoms with Crippen LogP contribution in [0.25, 0.3) is 0 Å². The van der Waals surface area contributed by atoms with Gasteiger partial charge in [-0.05, 0) is 80.8 Å². The van der Waals surface area contributed by atoms with Gasteiger partial charge in [0.2, 0.25) is 0 Å². The van der Waals surface area contributed by atoms with E-state index in [0.29, 0.717) is 23.0 Å². The lowest BCUT2D eigenvalue weighted by atomic mass is 9.82. The summed E-state index contributed by atoms with van der Waals surface area (Å²) in [5.74, 6) is 13.8. The summed E-state index contributed by atoms with van der Waals surface area (Å²) in [4.78, 5) is 0. The summed E-state index contributed by atoms with van der Waals surface area (Å²) in [6.45, 7) is 12.2. The topological polar surface area (TPSA) is 36.9 Å². The average Bonchev–Trinajstić information content (AvgIpc) is 2.89. The first kappa shape index (κ1) is 28.1. The quantitative estimate of drug-likeness (QED) is 0.156. The van der Waals surface area contributed by atoms with Crippen molar-refractivity contribution in [3.05, 3.63) is 95.2 Å². The standard InChI is InChI=1S/C32H35FO4/c1-5-34-22-36-20-28-10-7-26(8-11-28)9-12-29-17-24(3)31(25(4)18-29)16-14-27-13-15-30(32(33)19-27)21-37-23-35-6-2/h5-6,13,15,17-19,26,28H,1-2,7-8,10-11,20-23H2,3-4H3. The maximum Gasteiger partial charge on any atom is 0.188 e. The zero-order valence-corrected chi connectivity index (χ0v) is 21.8. The van der Waals surface area contributed by atoms with Gasteiger partial charge in [-0.1, -0.05) is 42.9 Å². The van der Waals surface area contributed by atoms with Crippen LogP contribution in [-0.2, 0) is 25.6 Å². The van der Waals surface area contributed by atoms with Gasteiger partial charge in [0.05, 0.1) is 25.7 Å². The molecule has 5 heteroatoms. The minimum Gasteiger partial charge on any atom is -0.476 e. The fraction of sp³-hybridized carbons (Fsp3) is 0.375. The van der Waals surface area contributed by atoms with Gasteiger partial charge in [-0.25, -0.2) is 4.39 Å². The highest BCUT2D eigenvalue weighted by atomic mass is 19.1. The molecule has 1 aliphatic rings. The third-order valence-corrected chi connectivity index (χ3v) is 6.33. The molecule has 0 aliphatic heterocycles. The van der Waals surface area contributed by atoms with Crippen molar-refractivity contribution in [1.29, 1.82) is 0 Å². The van der Waals surface area contributed by atoms with E-state index in [4.69, 9.17) is 18.9 Å². The molecule has 1 saturated carbocycles. The molecule has 0 heterocycles. The minimum absolute atomic E-state index is 0.0346. The Morgan fingerprint density at radius 3 is 2.19 bits per heavy atom. The predicted octanol–water partition coefficient (Wildman–Crippen LogP) is 6.77. The molecule has 0 unspecified atom stereocenters. The number of hydrogen-bond acceptors (Lipinski definition) is 4. The maximum atomic E-state index is 14.4. The Morgan fingerprint density at radius 2 is 1.54 bits per heavy atom. The molecule has 2 aromatic carbocycles. The minimum atomic E-state index is -0.354. The summed E-state index contributed by atoms with van der Waals surface area (Å²) < 4.78 is 35.1. The average molecular weight is 503 g/mol. The molecule has 0 radical (unpaired) electrons. The first-order valence-corrected chi connectivity index (χ1v) is 12.5. The van der Waals surface area contributed by atoms with Gasteiger partial charge < -0.3 is 18.9 Å². The number of rotatable bonds is 10. The Bertz CT molecular complexity index is 1160. The van der Waals surface area contributed by atoms with Crippen molar-refractivity contribution in [3.63, 3.8) is 0 Å². The lowest BCUT2D eigenvalue weighted by Crippen LogP contribution is -2.18. The third kappa shape index (κ3) is 9.14. The monoisotopic (exact) mass is 502 g/mol. The number of hydrogen-bond donors (Lipinski definition) is 0. The van der Waals surface area contributed by atoms with Gasteiger partial charge in [-0.3, -0.25) is 0 Å². The molecule has 3 rings (SSSR count).